The highest BCUT2D eigenvalue weighted by Gasteiger charge is 2.43. The van der Waals surface area contributed by atoms with Crippen LogP contribution < -0.4 is 16.7 Å². The quantitative estimate of drug-likeness (QED) is 0.309. The Labute approximate surface area is 166 Å². The lowest BCUT2D eigenvalue weighted by Crippen LogP contribution is -2.36. The summed E-state index contributed by atoms with van der Waals surface area (Å²) in [5.41, 5.74) is 4.51. The Kier molecular flexibility index (Phi) is 9.33. The summed E-state index contributed by atoms with van der Waals surface area (Å²) in [7, 11) is 0. The fraction of sp³-hybridized carbons (Fsp3) is 0.647. The molecular weight excluding hydrogens is 388 g/mol. The predicted molar refractivity (Wildman–Crippen MR) is 101 cm³/mol. The molecule has 1 aromatic rings. The summed E-state index contributed by atoms with van der Waals surface area (Å²) in [4.78, 5) is 36.5. The number of rotatable bonds is 6. The van der Waals surface area contributed by atoms with Crippen LogP contribution in [0.4, 0.5) is 5.82 Å². The minimum Gasteiger partial charge on any atom is -0.480 e. The molecule has 2 rings (SSSR count). The van der Waals surface area contributed by atoms with Gasteiger partial charge in [0.2, 0.25) is 5.91 Å². The molecule has 0 aliphatic carbocycles. The number of aliphatic hydroxyl groups is 3. The fourth-order valence-electron chi connectivity index (χ4n) is 2.46. The van der Waals surface area contributed by atoms with E-state index in [0.717, 1.165) is 11.0 Å². The van der Waals surface area contributed by atoms with Crippen LogP contribution in [0.25, 0.3) is 0 Å². The third-order valence-corrected chi connectivity index (χ3v) is 4.47. The van der Waals surface area contributed by atoms with Crippen molar-refractivity contribution in [3.63, 3.8) is 0 Å². The molecule has 29 heavy (non-hydrogen) atoms. The zero-order valence-electron chi connectivity index (χ0n) is 16.4. The average molecular weight is 416 g/mol. The smallest absolute Gasteiger partial charge is 0.351 e. The van der Waals surface area contributed by atoms with Crippen LogP contribution in [0.2, 0.25) is 0 Å². The molecule has 0 bridgehead atoms. The third kappa shape index (κ3) is 6.58. The number of carbonyl (C=O) groups is 2. The number of amides is 1. The molecule has 12 heteroatoms. The molecule has 2 heterocycles. The molecule has 0 spiro atoms. The number of carboxylic acids is 1. The van der Waals surface area contributed by atoms with Crippen LogP contribution >= 0.6 is 0 Å². The normalized spacial score (nSPS) is 25.5. The molecule has 1 fully saturated rings. The Morgan fingerprint density at radius 3 is 2.38 bits per heavy atom. The van der Waals surface area contributed by atoms with Crippen LogP contribution in [0.1, 0.15) is 33.4 Å². The molecule has 0 radical (unpaired) electrons. The number of carbonyl (C=O) groups excluding carboxylic acids is 1. The number of nitrogens with one attached hydrogen (secondary N) is 1. The highest BCUT2D eigenvalue weighted by molar-refractivity contribution is 5.87. The molecule has 1 aromatic heterocycles. The average Bonchev–Trinajstić information content (AvgIpc) is 2.95. The first kappa shape index (κ1) is 24.7. The molecule has 1 saturated heterocycles. The molecule has 0 aromatic carbocycles. The number of nitrogens with zero attached hydrogens (tertiary/aromatic N) is 2. The van der Waals surface area contributed by atoms with Crippen molar-refractivity contribution in [3.05, 3.63) is 22.7 Å². The number of hydrogen-bond acceptors (Lipinski definition) is 9. The monoisotopic (exact) mass is 416 g/mol. The van der Waals surface area contributed by atoms with E-state index in [-0.39, 0.29) is 17.6 Å². The lowest BCUT2D eigenvalue weighted by molar-refractivity contribution is -0.139. The van der Waals surface area contributed by atoms with Crippen molar-refractivity contribution in [2.75, 3.05) is 11.9 Å². The van der Waals surface area contributed by atoms with E-state index in [0.29, 0.717) is 0 Å². The lowest BCUT2D eigenvalue weighted by atomic mass is 10.0. The van der Waals surface area contributed by atoms with E-state index in [2.05, 4.69) is 10.3 Å². The Morgan fingerprint density at radius 1 is 1.38 bits per heavy atom. The molecule has 12 nitrogen and oxygen atoms in total. The number of nitrogens with two attached hydrogens (primary N) is 1. The number of anilines is 1. The number of aliphatic carboxylic acids is 1. The number of carboxylic acid groups (broad SMARTS) is 1. The largest absolute Gasteiger partial charge is 0.480 e. The first-order chi connectivity index (χ1) is 13.5. The van der Waals surface area contributed by atoms with Crippen LogP contribution in [0.5, 0.6) is 0 Å². The van der Waals surface area contributed by atoms with Crippen molar-refractivity contribution < 1.29 is 34.8 Å². The molecular formula is C17H28N4O8. The Bertz CT molecular complexity index is 755. The maximum Gasteiger partial charge on any atom is 0.351 e. The van der Waals surface area contributed by atoms with Gasteiger partial charge in [0.1, 0.15) is 30.2 Å². The molecule has 1 aliphatic rings. The number of ether oxygens (including phenoxy) is 1. The van der Waals surface area contributed by atoms with Crippen molar-refractivity contribution in [1.29, 1.82) is 0 Å². The summed E-state index contributed by atoms with van der Waals surface area (Å²) in [5.74, 6) is -1.14. The number of aromatic nitrogens is 2. The Morgan fingerprint density at radius 2 is 2.00 bits per heavy atom. The van der Waals surface area contributed by atoms with Crippen LogP contribution in [0.15, 0.2) is 17.1 Å². The second-order valence-electron chi connectivity index (χ2n) is 6.66. The van der Waals surface area contributed by atoms with E-state index >= 15 is 0 Å². The van der Waals surface area contributed by atoms with E-state index < -0.39 is 48.8 Å². The molecule has 1 aliphatic heterocycles. The van der Waals surface area contributed by atoms with Crippen LogP contribution in [0.3, 0.4) is 0 Å². The van der Waals surface area contributed by atoms with Gasteiger partial charge in [-0.2, -0.15) is 4.98 Å². The van der Waals surface area contributed by atoms with Crippen molar-refractivity contribution in [2.24, 2.45) is 11.7 Å². The van der Waals surface area contributed by atoms with Crippen molar-refractivity contribution >= 4 is 17.7 Å². The van der Waals surface area contributed by atoms with E-state index in [1.54, 1.807) is 0 Å². The minimum absolute atomic E-state index is 0.0718. The molecule has 1 amide bonds. The maximum atomic E-state index is 11.8. The second kappa shape index (κ2) is 11.0. The van der Waals surface area contributed by atoms with Crippen LogP contribution in [-0.4, -0.2) is 72.8 Å². The highest BCUT2D eigenvalue weighted by atomic mass is 16.6. The topological polar surface area (TPSA) is 197 Å². The number of aliphatic hydroxyl groups excluding tert-OH is 3. The van der Waals surface area contributed by atoms with Crippen molar-refractivity contribution in [3.8, 4) is 0 Å². The zero-order chi connectivity index (χ0) is 22.3. The summed E-state index contributed by atoms with van der Waals surface area (Å²) < 4.78 is 6.19. The van der Waals surface area contributed by atoms with E-state index in [1.807, 2.05) is 13.8 Å². The van der Waals surface area contributed by atoms with Gasteiger partial charge in [-0.1, -0.05) is 20.3 Å². The van der Waals surface area contributed by atoms with Gasteiger partial charge in [0.15, 0.2) is 6.23 Å². The van der Waals surface area contributed by atoms with Gasteiger partial charge in [-0.25, -0.2) is 4.79 Å². The van der Waals surface area contributed by atoms with Gasteiger partial charge in [0.05, 0.1) is 6.61 Å². The first-order valence-corrected chi connectivity index (χ1v) is 9.01. The molecule has 6 atom stereocenters. The first-order valence-electron chi connectivity index (χ1n) is 9.01. The SMILES string of the molecule is CC(=O)Nc1ccn([C@@H]2O[C@H](CO)[C@@H](O)[C@H]2O)c(=O)n1.CC[C@H](C)[C@H](N)C(=O)O. The van der Waals surface area contributed by atoms with E-state index in [9.17, 15) is 24.6 Å². The molecule has 164 valence electrons. The van der Waals surface area contributed by atoms with Crippen LogP contribution in [0, 0.1) is 5.92 Å². The van der Waals surface area contributed by atoms with Crippen LogP contribution in [-0.2, 0) is 14.3 Å². The predicted octanol–water partition coefficient (Wildman–Crippen LogP) is -1.74. The van der Waals surface area contributed by atoms with E-state index in [4.69, 9.17) is 20.7 Å². The summed E-state index contributed by atoms with van der Waals surface area (Å²) in [6.07, 6.45) is -2.69. The van der Waals surface area contributed by atoms with Gasteiger partial charge in [-0.05, 0) is 12.0 Å². The van der Waals surface area contributed by atoms with Gasteiger partial charge >= 0.3 is 11.7 Å². The minimum atomic E-state index is -1.36. The van der Waals surface area contributed by atoms with Gasteiger partial charge in [-0.3, -0.25) is 14.2 Å². The number of hydrogen-bond donors (Lipinski definition) is 6. The van der Waals surface area contributed by atoms with Gasteiger partial charge in [0.25, 0.3) is 0 Å². The van der Waals surface area contributed by atoms with Gasteiger partial charge < -0.3 is 36.2 Å². The second-order valence-corrected chi connectivity index (χ2v) is 6.66. The lowest BCUT2D eigenvalue weighted by Gasteiger charge is -2.17. The highest BCUT2D eigenvalue weighted by Crippen LogP contribution is 2.28. The summed E-state index contributed by atoms with van der Waals surface area (Å²) in [6.45, 7) is 4.55. The molecule has 7 N–H and O–H groups in total. The summed E-state index contributed by atoms with van der Waals surface area (Å²) in [6, 6.07) is 0.660. The third-order valence-electron chi connectivity index (χ3n) is 4.47. The standard InChI is InChI=1S/C11H15N3O6.C6H13NO2/c1-5(16)12-7-2-3-14(11(19)13-7)10-9(18)8(17)6(4-15)20-10;1-3-4(2)5(7)6(8)9/h2-3,6,8-10,15,17-18H,4H2,1H3,(H,12,13,16,19);4-5H,3,7H2,1-2H3,(H,8,9)/t6-,8-,9-,10-;4-,5-/m10/s1. The summed E-state index contributed by atoms with van der Waals surface area (Å²) in [5, 5.41) is 39.1. The Hall–Kier alpha value is -2.38. The fourth-order valence-corrected chi connectivity index (χ4v) is 2.46. The van der Waals surface area contributed by atoms with E-state index in [1.165, 1.54) is 19.2 Å². The zero-order valence-corrected chi connectivity index (χ0v) is 16.4. The summed E-state index contributed by atoms with van der Waals surface area (Å²) >= 11 is 0. The van der Waals surface area contributed by atoms with Gasteiger partial charge in [-0.15, -0.1) is 0 Å². The molecule has 0 saturated carbocycles. The van der Waals surface area contributed by atoms with Crippen molar-refractivity contribution in [2.45, 2.75) is 57.8 Å². The van der Waals surface area contributed by atoms with Gasteiger partial charge in [0, 0.05) is 13.1 Å². The van der Waals surface area contributed by atoms with Crippen molar-refractivity contribution in [1.82, 2.24) is 9.55 Å². The maximum absolute atomic E-state index is 11.8. The Balaban J connectivity index is 0.000000396. The molecule has 0 unspecified atom stereocenters.